The van der Waals surface area contributed by atoms with Crippen LogP contribution in [0.3, 0.4) is 0 Å². The Bertz CT molecular complexity index is 1390. The molecule has 1 aromatic carbocycles. The van der Waals surface area contributed by atoms with Crippen molar-refractivity contribution in [3.8, 4) is 16.3 Å². The lowest BCUT2D eigenvalue weighted by molar-refractivity contribution is -0.0637. The number of nitrogens with two attached hydrogens (primary N) is 1. The van der Waals surface area contributed by atoms with Crippen LogP contribution in [0.25, 0.3) is 16.1 Å². The fourth-order valence-electron chi connectivity index (χ4n) is 4.02. The highest BCUT2D eigenvalue weighted by Crippen LogP contribution is 2.37. The molecule has 2 aromatic rings. The molecule has 1 atom stereocenters. The van der Waals surface area contributed by atoms with Crippen molar-refractivity contribution in [1.29, 1.82) is 0 Å². The van der Waals surface area contributed by atoms with Crippen molar-refractivity contribution < 1.29 is 23.4 Å². The van der Waals surface area contributed by atoms with E-state index in [2.05, 4.69) is 16.8 Å². The van der Waals surface area contributed by atoms with Gasteiger partial charge in [0.2, 0.25) is 0 Å². The summed E-state index contributed by atoms with van der Waals surface area (Å²) >= 11 is 13.8. The van der Waals surface area contributed by atoms with Crippen LogP contribution in [0.2, 0.25) is 5.02 Å². The van der Waals surface area contributed by atoms with Gasteiger partial charge in [0.1, 0.15) is 27.9 Å². The number of allylic oxidation sites excluding steroid dienone is 4. The summed E-state index contributed by atoms with van der Waals surface area (Å²) in [5.41, 5.74) is 5.58. The summed E-state index contributed by atoms with van der Waals surface area (Å²) in [5, 5.41) is 9.85. The molecule has 1 fully saturated rings. The van der Waals surface area contributed by atoms with E-state index in [1.165, 1.54) is 28.4 Å². The lowest BCUT2D eigenvalue weighted by Crippen LogP contribution is -2.51. The fourth-order valence-corrected chi connectivity index (χ4v) is 5.30. The molecule has 1 amide bonds. The van der Waals surface area contributed by atoms with Gasteiger partial charge in [0.25, 0.3) is 0 Å². The average molecular weight is 643 g/mol. The van der Waals surface area contributed by atoms with Crippen LogP contribution in [0.1, 0.15) is 53.5 Å². The first-order chi connectivity index (χ1) is 19.4. The van der Waals surface area contributed by atoms with Gasteiger partial charge in [-0.2, -0.15) is 0 Å². The second kappa shape index (κ2) is 13.2. The molecule has 1 aromatic heterocycles. The molecule has 1 aliphatic heterocycles. The van der Waals surface area contributed by atoms with E-state index < -0.39 is 29.3 Å². The van der Waals surface area contributed by atoms with Gasteiger partial charge in [-0.1, -0.05) is 41.1 Å². The minimum Gasteiger partial charge on any atom is -0.488 e. The molecule has 42 heavy (non-hydrogen) atoms. The average Bonchev–Trinajstić information content (AvgIpc) is 3.46. The highest BCUT2D eigenvalue weighted by atomic mass is 35.5. The van der Waals surface area contributed by atoms with E-state index in [0.29, 0.717) is 27.0 Å². The summed E-state index contributed by atoms with van der Waals surface area (Å²) in [6.45, 7) is 16.8. The molecule has 2 heterocycles. The normalized spacial score (nSPS) is 17.5. The summed E-state index contributed by atoms with van der Waals surface area (Å²) in [7, 11) is 1.87. The van der Waals surface area contributed by atoms with Crippen molar-refractivity contribution in [2.24, 2.45) is 5.73 Å². The first kappa shape index (κ1) is 33.6. The Hall–Kier alpha value is -2.86. The van der Waals surface area contributed by atoms with Crippen LogP contribution in [0.5, 0.6) is 5.75 Å². The largest absolute Gasteiger partial charge is 0.488 e. The van der Waals surface area contributed by atoms with Crippen LogP contribution < -0.4 is 10.5 Å². The lowest BCUT2D eigenvalue weighted by atomic mass is 10.2. The van der Waals surface area contributed by atoms with Crippen molar-refractivity contribution in [1.82, 2.24) is 20.0 Å². The van der Waals surface area contributed by atoms with Gasteiger partial charge >= 0.3 is 6.09 Å². The molecule has 2 N–H and O–H groups in total. The summed E-state index contributed by atoms with van der Waals surface area (Å²) in [6.07, 6.45) is 2.81. The van der Waals surface area contributed by atoms with Crippen molar-refractivity contribution in [2.75, 3.05) is 20.3 Å². The van der Waals surface area contributed by atoms with Crippen LogP contribution in [0.15, 0.2) is 41.7 Å². The number of halogens is 3. The first-order valence-electron chi connectivity index (χ1n) is 13.3. The van der Waals surface area contributed by atoms with Crippen molar-refractivity contribution in [3.05, 3.63) is 57.6 Å². The zero-order chi connectivity index (χ0) is 31.6. The zero-order valence-electron chi connectivity index (χ0n) is 25.1. The summed E-state index contributed by atoms with van der Waals surface area (Å²) in [4.78, 5) is 16.2. The minimum atomic E-state index is -0.918. The predicted molar refractivity (Wildman–Crippen MR) is 166 cm³/mol. The third-order valence-corrected chi connectivity index (χ3v) is 7.74. The third kappa shape index (κ3) is 8.37. The molecule has 3 rings (SSSR count). The third-order valence-electron chi connectivity index (χ3n) is 6.32. The summed E-state index contributed by atoms with van der Waals surface area (Å²) in [6, 6.07) is 2.28. The molecule has 0 spiro atoms. The number of carbonyl (C=O) groups excluding carboxylic acids is 1. The van der Waals surface area contributed by atoms with Gasteiger partial charge in [-0.25, -0.2) is 9.18 Å². The number of hydrogen-bond donors (Lipinski definition) is 1. The topological polar surface area (TPSA) is 103 Å². The monoisotopic (exact) mass is 641 g/mol. The highest BCUT2D eigenvalue weighted by molar-refractivity contribution is 7.15. The SMILES string of the molecule is C=C(Cl)/C=C(\C=C(/N)N(C)C(C)C)c1nnc(-c2cc(F)c(OCC3COC(C)(C)N3C(=O)OC(C)(C)C)cc2Cl)s1. The fraction of sp³-hybridized carbons (Fsp3) is 0.483. The van der Waals surface area contributed by atoms with E-state index >= 15 is 4.39 Å². The van der Waals surface area contributed by atoms with Gasteiger partial charge in [0, 0.05) is 35.3 Å². The van der Waals surface area contributed by atoms with Crippen LogP contribution in [-0.4, -0.2) is 69.8 Å². The predicted octanol–water partition coefficient (Wildman–Crippen LogP) is 7.02. The van der Waals surface area contributed by atoms with Gasteiger partial charge in [-0.05, 0) is 66.7 Å². The zero-order valence-corrected chi connectivity index (χ0v) is 27.5. The van der Waals surface area contributed by atoms with Gasteiger partial charge in [0.15, 0.2) is 11.6 Å². The number of carbonyl (C=O) groups is 1. The number of aromatic nitrogens is 2. The maximum atomic E-state index is 15.3. The summed E-state index contributed by atoms with van der Waals surface area (Å²) < 4.78 is 32.4. The van der Waals surface area contributed by atoms with E-state index in [0.717, 1.165) is 0 Å². The maximum Gasteiger partial charge on any atom is 0.413 e. The Balaban J connectivity index is 1.83. The van der Waals surface area contributed by atoms with Gasteiger partial charge in [-0.15, -0.1) is 10.2 Å². The van der Waals surface area contributed by atoms with Crippen LogP contribution in [-0.2, 0) is 9.47 Å². The molecule has 0 bridgehead atoms. The molecule has 9 nitrogen and oxygen atoms in total. The molecule has 0 radical (unpaired) electrons. The number of benzene rings is 1. The second-order valence-electron chi connectivity index (χ2n) is 11.6. The molecule has 1 aliphatic rings. The Kier molecular flexibility index (Phi) is 10.6. The number of rotatable bonds is 9. The van der Waals surface area contributed by atoms with E-state index in [-0.39, 0.29) is 35.1 Å². The van der Waals surface area contributed by atoms with Gasteiger partial charge in [0.05, 0.1) is 23.5 Å². The van der Waals surface area contributed by atoms with E-state index in [1.807, 2.05) is 25.8 Å². The maximum absolute atomic E-state index is 15.3. The van der Waals surface area contributed by atoms with Gasteiger partial charge in [-0.3, -0.25) is 4.90 Å². The molecule has 230 valence electrons. The van der Waals surface area contributed by atoms with Gasteiger partial charge < -0.3 is 24.8 Å². The summed E-state index contributed by atoms with van der Waals surface area (Å²) in [5.74, 6) is -0.229. The quantitative estimate of drug-likeness (QED) is 0.291. The second-order valence-corrected chi connectivity index (χ2v) is 13.4. The molecule has 1 unspecified atom stereocenters. The Labute approximate surface area is 260 Å². The highest BCUT2D eigenvalue weighted by Gasteiger charge is 2.46. The van der Waals surface area contributed by atoms with Crippen molar-refractivity contribution in [2.45, 2.75) is 71.9 Å². The van der Waals surface area contributed by atoms with E-state index in [4.69, 9.17) is 43.1 Å². The molecular weight excluding hydrogens is 604 g/mol. The minimum absolute atomic E-state index is 0.0345. The molecule has 1 saturated heterocycles. The number of amides is 1. The molecule has 13 heteroatoms. The molecule has 0 saturated carbocycles. The van der Waals surface area contributed by atoms with Crippen molar-refractivity contribution >= 4 is 46.2 Å². The smallest absolute Gasteiger partial charge is 0.413 e. The number of ether oxygens (including phenoxy) is 3. The Morgan fingerprint density at radius 3 is 2.62 bits per heavy atom. The Morgan fingerprint density at radius 1 is 1.36 bits per heavy atom. The van der Waals surface area contributed by atoms with Crippen LogP contribution in [0, 0.1) is 5.82 Å². The van der Waals surface area contributed by atoms with Crippen molar-refractivity contribution in [3.63, 3.8) is 0 Å². The van der Waals surface area contributed by atoms with E-state index in [9.17, 15) is 4.79 Å². The standard InChI is InChI=1S/C29H38Cl2FN5O4S/c1-16(2)36(9)24(33)11-18(10-17(3)30)25-34-35-26(42-25)20-12-22(32)23(13-21(20)31)39-14-19-15-40-29(7,8)37(19)27(38)41-28(4,5)6/h10-13,16,19H,3,14-15,33H2,1-2,4-9H3/b18-10+,24-11+. The number of hydrogen-bond acceptors (Lipinski definition) is 9. The molecular formula is C29H38Cl2FN5O4S. The van der Waals surface area contributed by atoms with Crippen LogP contribution >= 0.6 is 34.5 Å². The van der Waals surface area contributed by atoms with E-state index in [1.54, 1.807) is 46.8 Å². The Morgan fingerprint density at radius 2 is 2.02 bits per heavy atom. The lowest BCUT2D eigenvalue weighted by Gasteiger charge is -2.35. The van der Waals surface area contributed by atoms with Crippen LogP contribution in [0.4, 0.5) is 9.18 Å². The number of nitrogens with zero attached hydrogens (tertiary/aromatic N) is 4. The first-order valence-corrected chi connectivity index (χ1v) is 14.9. The molecule has 0 aliphatic carbocycles.